The molecule has 1 heterocycles. The molecular weight excluding hydrogens is 341 g/mol. The second kappa shape index (κ2) is 8.26. The van der Waals surface area contributed by atoms with Gasteiger partial charge in [0, 0.05) is 43.8 Å². The molecule has 0 spiro atoms. The molecule has 1 aromatic rings. The highest BCUT2D eigenvalue weighted by molar-refractivity contribution is 6.34. The number of urea groups is 1. The summed E-state index contributed by atoms with van der Waals surface area (Å²) in [6.07, 6.45) is 0. The highest BCUT2D eigenvalue weighted by Crippen LogP contribution is 2.27. The Morgan fingerprint density at radius 2 is 1.83 bits per heavy atom. The van der Waals surface area contributed by atoms with Crippen LogP contribution in [0.3, 0.4) is 0 Å². The molecule has 1 saturated heterocycles. The Morgan fingerprint density at radius 1 is 1.17 bits per heavy atom. The number of halogens is 2. The smallest absolute Gasteiger partial charge is 0.317 e. The first-order valence-corrected chi connectivity index (χ1v) is 8.15. The van der Waals surface area contributed by atoms with E-state index in [9.17, 15) is 9.59 Å². The number of ether oxygens (including phenoxy) is 1. The van der Waals surface area contributed by atoms with E-state index in [1.165, 1.54) is 0 Å². The van der Waals surface area contributed by atoms with Gasteiger partial charge in [-0.1, -0.05) is 23.2 Å². The van der Waals surface area contributed by atoms with Crippen LogP contribution in [0, 0.1) is 0 Å². The first-order chi connectivity index (χ1) is 11.0. The number of hydrogen-bond donors (Lipinski definition) is 1. The number of hydrogen-bond acceptors (Lipinski definition) is 3. The zero-order valence-electron chi connectivity index (χ0n) is 12.8. The Kier molecular flexibility index (Phi) is 6.36. The van der Waals surface area contributed by atoms with Crippen molar-refractivity contribution in [3.8, 4) is 5.75 Å². The second-order valence-electron chi connectivity index (χ2n) is 5.07. The highest BCUT2D eigenvalue weighted by atomic mass is 35.5. The molecule has 8 heteroatoms. The first-order valence-electron chi connectivity index (χ1n) is 7.39. The predicted molar refractivity (Wildman–Crippen MR) is 89.2 cm³/mol. The van der Waals surface area contributed by atoms with Crippen molar-refractivity contribution in [3.63, 3.8) is 0 Å². The molecular formula is C15H19Cl2N3O3. The Labute approximate surface area is 145 Å². The third-order valence-corrected chi connectivity index (χ3v) is 4.04. The second-order valence-corrected chi connectivity index (χ2v) is 5.91. The molecule has 2 rings (SSSR count). The zero-order chi connectivity index (χ0) is 16.8. The summed E-state index contributed by atoms with van der Waals surface area (Å²) >= 11 is 11.9. The summed E-state index contributed by atoms with van der Waals surface area (Å²) in [6, 6.07) is 4.75. The number of piperazine rings is 1. The van der Waals surface area contributed by atoms with Crippen LogP contribution in [-0.2, 0) is 4.79 Å². The summed E-state index contributed by atoms with van der Waals surface area (Å²) in [4.78, 5) is 27.3. The summed E-state index contributed by atoms with van der Waals surface area (Å²) in [5, 5.41) is 3.65. The maximum atomic E-state index is 12.2. The lowest BCUT2D eigenvalue weighted by atomic mass is 10.3. The van der Waals surface area contributed by atoms with Crippen LogP contribution in [0.2, 0.25) is 10.0 Å². The van der Waals surface area contributed by atoms with Crippen molar-refractivity contribution in [2.75, 3.05) is 39.3 Å². The fourth-order valence-corrected chi connectivity index (χ4v) is 2.57. The number of amides is 3. The van der Waals surface area contributed by atoms with E-state index in [1.807, 2.05) is 6.92 Å². The fraction of sp³-hybridized carbons (Fsp3) is 0.467. The normalized spacial score (nSPS) is 14.6. The van der Waals surface area contributed by atoms with E-state index in [-0.39, 0.29) is 18.5 Å². The quantitative estimate of drug-likeness (QED) is 0.896. The molecule has 1 aliphatic heterocycles. The van der Waals surface area contributed by atoms with Crippen molar-refractivity contribution in [2.24, 2.45) is 0 Å². The summed E-state index contributed by atoms with van der Waals surface area (Å²) < 4.78 is 5.45. The molecule has 23 heavy (non-hydrogen) atoms. The van der Waals surface area contributed by atoms with Crippen LogP contribution in [0.4, 0.5) is 4.79 Å². The van der Waals surface area contributed by atoms with Crippen LogP contribution < -0.4 is 10.1 Å². The minimum absolute atomic E-state index is 0.0958. The number of benzene rings is 1. The van der Waals surface area contributed by atoms with Gasteiger partial charge in [-0.2, -0.15) is 0 Å². The maximum absolute atomic E-state index is 12.2. The van der Waals surface area contributed by atoms with Crippen molar-refractivity contribution in [3.05, 3.63) is 28.2 Å². The van der Waals surface area contributed by atoms with Crippen molar-refractivity contribution >= 4 is 35.1 Å². The first kappa shape index (κ1) is 17.7. The van der Waals surface area contributed by atoms with Crippen molar-refractivity contribution < 1.29 is 14.3 Å². The summed E-state index contributed by atoms with van der Waals surface area (Å²) in [5.74, 6) is 0.241. The molecule has 0 aromatic heterocycles. The number of carbonyl (C=O) groups is 2. The Bertz CT molecular complexity index is 575. The Balaban J connectivity index is 1.81. The SMILES string of the molecule is CCNC(=O)N1CCN(C(=O)COc2cc(Cl)ccc2Cl)CC1. The summed E-state index contributed by atoms with van der Waals surface area (Å²) in [6.45, 7) is 4.35. The molecule has 3 amide bonds. The van der Waals surface area contributed by atoms with Gasteiger partial charge < -0.3 is 19.9 Å². The van der Waals surface area contributed by atoms with Crippen LogP contribution in [0.1, 0.15) is 6.92 Å². The van der Waals surface area contributed by atoms with Gasteiger partial charge in [-0.15, -0.1) is 0 Å². The van der Waals surface area contributed by atoms with Crippen LogP contribution in [0.25, 0.3) is 0 Å². The third kappa shape index (κ3) is 4.91. The van der Waals surface area contributed by atoms with E-state index in [2.05, 4.69) is 5.32 Å². The third-order valence-electron chi connectivity index (χ3n) is 3.49. The van der Waals surface area contributed by atoms with Crippen LogP contribution in [0.15, 0.2) is 18.2 Å². The van der Waals surface area contributed by atoms with E-state index in [1.54, 1.807) is 28.0 Å². The molecule has 0 bridgehead atoms. The average Bonchev–Trinajstić information content (AvgIpc) is 2.55. The monoisotopic (exact) mass is 359 g/mol. The Hall–Kier alpha value is -1.66. The number of rotatable bonds is 4. The topological polar surface area (TPSA) is 61.9 Å². The van der Waals surface area contributed by atoms with Gasteiger partial charge in [0.1, 0.15) is 5.75 Å². The van der Waals surface area contributed by atoms with Gasteiger partial charge >= 0.3 is 6.03 Å². The fourth-order valence-electron chi connectivity index (χ4n) is 2.24. The van der Waals surface area contributed by atoms with Gasteiger partial charge in [0.15, 0.2) is 6.61 Å². The van der Waals surface area contributed by atoms with E-state index < -0.39 is 0 Å². The molecule has 0 unspecified atom stereocenters. The summed E-state index contributed by atoms with van der Waals surface area (Å²) in [7, 11) is 0. The lowest BCUT2D eigenvalue weighted by molar-refractivity contribution is -0.134. The molecule has 1 fully saturated rings. The molecule has 1 N–H and O–H groups in total. The standard InChI is InChI=1S/C15H19Cl2N3O3/c1-2-18-15(22)20-7-5-19(6-8-20)14(21)10-23-13-9-11(16)3-4-12(13)17/h3-4,9H,2,5-8,10H2,1H3,(H,18,22). The highest BCUT2D eigenvalue weighted by Gasteiger charge is 2.24. The maximum Gasteiger partial charge on any atom is 0.317 e. The number of nitrogens with zero attached hydrogens (tertiary/aromatic N) is 2. The Morgan fingerprint density at radius 3 is 2.48 bits per heavy atom. The van der Waals surface area contributed by atoms with E-state index in [0.717, 1.165) is 0 Å². The van der Waals surface area contributed by atoms with Crippen molar-refractivity contribution in [2.45, 2.75) is 6.92 Å². The molecule has 1 aromatic carbocycles. The minimum atomic E-state index is -0.142. The number of carbonyl (C=O) groups excluding carboxylic acids is 2. The molecule has 1 aliphatic rings. The number of nitrogens with one attached hydrogen (secondary N) is 1. The zero-order valence-corrected chi connectivity index (χ0v) is 14.4. The van der Waals surface area contributed by atoms with E-state index >= 15 is 0 Å². The minimum Gasteiger partial charge on any atom is -0.482 e. The molecule has 0 saturated carbocycles. The van der Waals surface area contributed by atoms with Gasteiger partial charge in [-0.3, -0.25) is 4.79 Å². The van der Waals surface area contributed by atoms with Gasteiger partial charge in [-0.25, -0.2) is 4.79 Å². The lowest BCUT2D eigenvalue weighted by Crippen LogP contribution is -2.53. The van der Waals surface area contributed by atoms with Crippen LogP contribution in [-0.4, -0.2) is 61.1 Å². The van der Waals surface area contributed by atoms with Gasteiger partial charge in [-0.05, 0) is 19.1 Å². The molecule has 6 nitrogen and oxygen atoms in total. The average molecular weight is 360 g/mol. The van der Waals surface area contributed by atoms with Crippen LogP contribution >= 0.6 is 23.2 Å². The van der Waals surface area contributed by atoms with Crippen molar-refractivity contribution in [1.82, 2.24) is 15.1 Å². The largest absolute Gasteiger partial charge is 0.482 e. The molecule has 0 aliphatic carbocycles. The van der Waals surface area contributed by atoms with E-state index in [4.69, 9.17) is 27.9 Å². The molecule has 0 atom stereocenters. The van der Waals surface area contributed by atoms with Gasteiger partial charge in [0.05, 0.1) is 5.02 Å². The molecule has 126 valence electrons. The van der Waals surface area contributed by atoms with Gasteiger partial charge in [0.2, 0.25) is 0 Å². The van der Waals surface area contributed by atoms with Crippen LogP contribution in [0.5, 0.6) is 5.75 Å². The lowest BCUT2D eigenvalue weighted by Gasteiger charge is -2.34. The summed E-state index contributed by atoms with van der Waals surface area (Å²) in [5.41, 5.74) is 0. The van der Waals surface area contributed by atoms with Crippen molar-refractivity contribution in [1.29, 1.82) is 0 Å². The molecule has 0 radical (unpaired) electrons. The van der Waals surface area contributed by atoms with Gasteiger partial charge in [0.25, 0.3) is 5.91 Å². The van der Waals surface area contributed by atoms with E-state index in [0.29, 0.717) is 48.5 Å². The predicted octanol–water partition coefficient (Wildman–Crippen LogP) is 2.25.